The number of nitrogens with two attached hydrogens (primary N) is 1. The maximum absolute atomic E-state index is 12.5. The zero-order valence-corrected chi connectivity index (χ0v) is 14.9. The highest BCUT2D eigenvalue weighted by atomic mass is 16.2. The van der Waals surface area contributed by atoms with Crippen LogP contribution >= 0.6 is 0 Å². The Labute approximate surface area is 131 Å². The fourth-order valence-electron chi connectivity index (χ4n) is 2.33. The quantitative estimate of drug-likeness (QED) is 0.621. The molecule has 0 aromatic heterocycles. The summed E-state index contributed by atoms with van der Waals surface area (Å²) in [5.41, 5.74) is 6.07. The molecule has 0 rings (SSSR count). The number of amides is 1. The van der Waals surface area contributed by atoms with Crippen molar-refractivity contribution in [1.82, 2.24) is 14.7 Å². The van der Waals surface area contributed by atoms with Crippen LogP contribution in [0.1, 0.15) is 33.1 Å². The maximum Gasteiger partial charge on any atom is 0.239 e. The molecular formula is C16H36N4O. The molecule has 0 spiro atoms. The van der Waals surface area contributed by atoms with Gasteiger partial charge in [0.15, 0.2) is 0 Å². The van der Waals surface area contributed by atoms with E-state index in [9.17, 15) is 4.79 Å². The lowest BCUT2D eigenvalue weighted by Gasteiger charge is -2.27. The van der Waals surface area contributed by atoms with Crippen molar-refractivity contribution in [3.8, 4) is 0 Å². The molecule has 1 atom stereocenters. The molecule has 0 aliphatic heterocycles. The first-order valence-electron chi connectivity index (χ1n) is 8.07. The smallest absolute Gasteiger partial charge is 0.239 e. The summed E-state index contributed by atoms with van der Waals surface area (Å²) in [7, 11) is 8.23. The third-order valence-electron chi connectivity index (χ3n) is 3.42. The Balaban J connectivity index is 4.42. The second kappa shape index (κ2) is 11.0. The summed E-state index contributed by atoms with van der Waals surface area (Å²) in [6.07, 6.45) is 2.75. The lowest BCUT2D eigenvalue weighted by molar-refractivity contribution is -0.133. The minimum Gasteiger partial charge on any atom is -0.341 e. The molecule has 0 heterocycles. The predicted octanol–water partition coefficient (Wildman–Crippen LogP) is 1.09. The largest absolute Gasteiger partial charge is 0.341 e. The van der Waals surface area contributed by atoms with Gasteiger partial charge in [-0.2, -0.15) is 0 Å². The molecular weight excluding hydrogens is 264 g/mol. The van der Waals surface area contributed by atoms with E-state index in [2.05, 4.69) is 51.8 Å². The van der Waals surface area contributed by atoms with Crippen LogP contribution in [0.25, 0.3) is 0 Å². The number of hydrogen-bond donors (Lipinski definition) is 1. The van der Waals surface area contributed by atoms with Crippen LogP contribution in [0, 0.1) is 5.92 Å². The van der Waals surface area contributed by atoms with E-state index >= 15 is 0 Å². The molecule has 0 aromatic rings. The van der Waals surface area contributed by atoms with Gasteiger partial charge in [-0.25, -0.2) is 0 Å². The van der Waals surface area contributed by atoms with Crippen LogP contribution in [-0.4, -0.2) is 81.0 Å². The Bertz CT molecular complexity index is 265. The average Bonchev–Trinajstić information content (AvgIpc) is 2.34. The van der Waals surface area contributed by atoms with Crippen molar-refractivity contribution in [1.29, 1.82) is 0 Å². The van der Waals surface area contributed by atoms with Crippen LogP contribution in [-0.2, 0) is 4.79 Å². The zero-order valence-electron chi connectivity index (χ0n) is 14.9. The van der Waals surface area contributed by atoms with Gasteiger partial charge in [0, 0.05) is 13.1 Å². The van der Waals surface area contributed by atoms with Crippen molar-refractivity contribution in [3.63, 3.8) is 0 Å². The molecule has 0 aromatic carbocycles. The van der Waals surface area contributed by atoms with Crippen molar-refractivity contribution in [3.05, 3.63) is 0 Å². The highest BCUT2D eigenvalue weighted by Crippen LogP contribution is 2.07. The number of carbonyl (C=O) groups is 1. The van der Waals surface area contributed by atoms with Gasteiger partial charge in [0.2, 0.25) is 5.91 Å². The SMILES string of the molecule is CC(C)C[C@H](N)C(=O)N(CCCN(C)C)CCCN(C)C. The van der Waals surface area contributed by atoms with Gasteiger partial charge in [-0.1, -0.05) is 13.8 Å². The molecule has 0 fully saturated rings. The van der Waals surface area contributed by atoms with E-state index in [-0.39, 0.29) is 11.9 Å². The summed E-state index contributed by atoms with van der Waals surface area (Å²) in [5, 5.41) is 0. The zero-order chi connectivity index (χ0) is 16.4. The molecule has 0 saturated carbocycles. The van der Waals surface area contributed by atoms with Crippen molar-refractivity contribution in [2.75, 3.05) is 54.4 Å². The fourth-order valence-corrected chi connectivity index (χ4v) is 2.33. The van der Waals surface area contributed by atoms with E-state index in [1.165, 1.54) is 0 Å². The molecule has 0 unspecified atom stereocenters. The molecule has 0 saturated heterocycles. The fraction of sp³-hybridized carbons (Fsp3) is 0.938. The molecule has 2 N–H and O–H groups in total. The van der Waals surface area contributed by atoms with E-state index in [4.69, 9.17) is 5.73 Å². The van der Waals surface area contributed by atoms with E-state index in [0.717, 1.165) is 45.4 Å². The average molecular weight is 300 g/mol. The molecule has 0 radical (unpaired) electrons. The first-order chi connectivity index (χ1) is 9.73. The van der Waals surface area contributed by atoms with Crippen LogP contribution < -0.4 is 5.73 Å². The van der Waals surface area contributed by atoms with Crippen LogP contribution in [0.2, 0.25) is 0 Å². The second-order valence-corrected chi connectivity index (χ2v) is 6.87. The lowest BCUT2D eigenvalue weighted by atomic mass is 10.0. The Hall–Kier alpha value is -0.650. The predicted molar refractivity (Wildman–Crippen MR) is 90.4 cm³/mol. The lowest BCUT2D eigenvalue weighted by Crippen LogP contribution is -2.46. The van der Waals surface area contributed by atoms with E-state index in [0.29, 0.717) is 5.92 Å². The second-order valence-electron chi connectivity index (χ2n) is 6.87. The molecule has 0 aliphatic rings. The molecule has 126 valence electrons. The first-order valence-corrected chi connectivity index (χ1v) is 8.07. The number of carbonyl (C=O) groups excluding carboxylic acids is 1. The summed E-state index contributed by atoms with van der Waals surface area (Å²) in [5.74, 6) is 0.565. The highest BCUT2D eigenvalue weighted by molar-refractivity contribution is 5.81. The van der Waals surface area contributed by atoms with Crippen LogP contribution in [0.5, 0.6) is 0 Å². The van der Waals surface area contributed by atoms with Gasteiger partial charge >= 0.3 is 0 Å². The third-order valence-corrected chi connectivity index (χ3v) is 3.42. The Morgan fingerprint density at radius 2 is 1.33 bits per heavy atom. The van der Waals surface area contributed by atoms with Crippen LogP contribution in [0.15, 0.2) is 0 Å². The minimum atomic E-state index is -0.358. The maximum atomic E-state index is 12.5. The third kappa shape index (κ3) is 10.7. The van der Waals surface area contributed by atoms with Crippen LogP contribution in [0.4, 0.5) is 0 Å². The van der Waals surface area contributed by atoms with Gasteiger partial charge < -0.3 is 20.4 Å². The molecule has 5 heteroatoms. The van der Waals surface area contributed by atoms with Gasteiger partial charge in [-0.3, -0.25) is 4.79 Å². The topological polar surface area (TPSA) is 52.8 Å². The Morgan fingerprint density at radius 1 is 0.905 bits per heavy atom. The summed E-state index contributed by atoms with van der Waals surface area (Å²) in [6.45, 7) is 7.81. The molecule has 5 nitrogen and oxygen atoms in total. The minimum absolute atomic E-state index is 0.112. The highest BCUT2D eigenvalue weighted by Gasteiger charge is 2.21. The first kappa shape index (κ1) is 20.3. The molecule has 1 amide bonds. The van der Waals surface area contributed by atoms with Crippen molar-refractivity contribution < 1.29 is 4.79 Å². The van der Waals surface area contributed by atoms with Gasteiger partial charge in [0.05, 0.1) is 6.04 Å². The number of hydrogen-bond acceptors (Lipinski definition) is 4. The monoisotopic (exact) mass is 300 g/mol. The normalized spacial score (nSPS) is 13.2. The summed E-state index contributed by atoms with van der Waals surface area (Å²) in [4.78, 5) is 18.8. The number of rotatable bonds is 11. The Morgan fingerprint density at radius 3 is 1.67 bits per heavy atom. The van der Waals surface area contributed by atoms with Gasteiger partial charge in [-0.15, -0.1) is 0 Å². The molecule has 0 bridgehead atoms. The van der Waals surface area contributed by atoms with Crippen molar-refractivity contribution in [2.24, 2.45) is 11.7 Å². The van der Waals surface area contributed by atoms with Gasteiger partial charge in [0.25, 0.3) is 0 Å². The summed E-state index contributed by atoms with van der Waals surface area (Å²) in [6, 6.07) is -0.358. The summed E-state index contributed by atoms with van der Waals surface area (Å²) >= 11 is 0. The van der Waals surface area contributed by atoms with Crippen molar-refractivity contribution in [2.45, 2.75) is 39.2 Å². The van der Waals surface area contributed by atoms with E-state index in [1.54, 1.807) is 0 Å². The standard InChI is InChI=1S/C16H36N4O/c1-14(2)13-15(17)16(21)20(11-7-9-18(3)4)12-8-10-19(5)6/h14-15H,7-13,17H2,1-6H3/t15-/m0/s1. The van der Waals surface area contributed by atoms with Crippen molar-refractivity contribution >= 4 is 5.91 Å². The van der Waals surface area contributed by atoms with Gasteiger partial charge in [0.1, 0.15) is 0 Å². The van der Waals surface area contributed by atoms with E-state index < -0.39 is 0 Å². The van der Waals surface area contributed by atoms with Crippen LogP contribution in [0.3, 0.4) is 0 Å². The van der Waals surface area contributed by atoms with E-state index in [1.807, 2.05) is 4.90 Å². The summed E-state index contributed by atoms with van der Waals surface area (Å²) < 4.78 is 0. The number of nitrogens with zero attached hydrogens (tertiary/aromatic N) is 3. The van der Waals surface area contributed by atoms with Gasteiger partial charge in [-0.05, 0) is 66.5 Å². The Kier molecular flexibility index (Phi) is 10.6. The molecule has 21 heavy (non-hydrogen) atoms. The molecule has 0 aliphatic carbocycles.